The van der Waals surface area contributed by atoms with Crippen LogP contribution in [0.15, 0.2) is 16.5 Å². The Kier molecular flexibility index (Phi) is 3.82. The molecule has 0 bridgehead atoms. The third kappa shape index (κ3) is 3.07. The number of amides is 1. The van der Waals surface area contributed by atoms with E-state index in [2.05, 4.69) is 5.32 Å². The highest BCUT2D eigenvalue weighted by molar-refractivity contribution is 5.78. The molecule has 0 radical (unpaired) electrons. The van der Waals surface area contributed by atoms with E-state index in [1.165, 1.54) is 13.0 Å². The molecule has 1 amide bonds. The minimum absolute atomic E-state index is 0.235. The molecule has 0 saturated heterocycles. The Bertz CT molecular complexity index is 534. The molecule has 1 aliphatic carbocycles. The van der Waals surface area contributed by atoms with Gasteiger partial charge in [0.2, 0.25) is 11.5 Å². The quantitative estimate of drug-likeness (QED) is 0.899. The fraction of sp³-hybridized carbons (Fsp3) is 0.643. The number of halogens is 3. The van der Waals surface area contributed by atoms with Gasteiger partial charge in [0, 0.05) is 5.54 Å². The minimum Gasteiger partial charge on any atom is -0.463 e. The van der Waals surface area contributed by atoms with Crippen molar-refractivity contribution >= 4 is 5.91 Å². The molecule has 118 valence electrons. The first kappa shape index (κ1) is 15.9. The van der Waals surface area contributed by atoms with Crippen LogP contribution in [0.3, 0.4) is 0 Å². The zero-order valence-corrected chi connectivity index (χ0v) is 11.9. The number of aryl methyl sites for hydroxylation is 1. The molecule has 2 N–H and O–H groups in total. The van der Waals surface area contributed by atoms with Gasteiger partial charge in [-0.2, -0.15) is 13.2 Å². The van der Waals surface area contributed by atoms with Gasteiger partial charge in [0.05, 0.1) is 6.42 Å². The van der Waals surface area contributed by atoms with Crippen LogP contribution < -0.4 is 5.32 Å². The lowest BCUT2D eigenvalue weighted by atomic mass is 9.78. The molecule has 0 spiro atoms. The fourth-order valence-electron chi connectivity index (χ4n) is 2.43. The van der Waals surface area contributed by atoms with Crippen LogP contribution >= 0.6 is 0 Å². The fourth-order valence-corrected chi connectivity index (χ4v) is 2.43. The number of nitrogens with one attached hydrogen (secondary N) is 1. The third-order valence-electron chi connectivity index (χ3n) is 3.93. The monoisotopic (exact) mass is 305 g/mol. The van der Waals surface area contributed by atoms with Crippen LogP contribution in [0.5, 0.6) is 0 Å². The molecular formula is C14H18F3NO3. The second-order valence-electron chi connectivity index (χ2n) is 5.91. The normalized spacial score (nSPS) is 20.5. The van der Waals surface area contributed by atoms with E-state index < -0.39 is 35.4 Å². The van der Waals surface area contributed by atoms with Gasteiger partial charge in [0.25, 0.3) is 0 Å². The van der Waals surface area contributed by atoms with E-state index >= 15 is 0 Å². The van der Waals surface area contributed by atoms with Crippen molar-refractivity contribution in [3.05, 3.63) is 23.7 Å². The van der Waals surface area contributed by atoms with Crippen LogP contribution in [-0.2, 0) is 10.4 Å². The van der Waals surface area contributed by atoms with Crippen LogP contribution in [0.2, 0.25) is 0 Å². The molecule has 2 rings (SSSR count). The number of hydrogen-bond donors (Lipinski definition) is 2. The van der Waals surface area contributed by atoms with Gasteiger partial charge in [-0.3, -0.25) is 4.79 Å². The molecule has 4 nitrogen and oxygen atoms in total. The van der Waals surface area contributed by atoms with Crippen molar-refractivity contribution in [1.29, 1.82) is 0 Å². The zero-order valence-electron chi connectivity index (χ0n) is 11.9. The lowest BCUT2D eigenvalue weighted by molar-refractivity contribution is -0.273. The first-order chi connectivity index (χ1) is 9.56. The van der Waals surface area contributed by atoms with Gasteiger partial charge in [-0.05, 0) is 45.2 Å². The maximum atomic E-state index is 13.2. The van der Waals surface area contributed by atoms with Crippen LogP contribution in [-0.4, -0.2) is 22.7 Å². The number of hydrogen-bond acceptors (Lipinski definition) is 3. The molecule has 1 unspecified atom stereocenters. The number of alkyl halides is 3. The number of rotatable bonds is 4. The van der Waals surface area contributed by atoms with E-state index in [1.54, 1.807) is 6.92 Å². The highest BCUT2D eigenvalue weighted by Crippen LogP contribution is 2.42. The standard InChI is InChI=1S/C14H18F3NO3/c1-9-4-5-10(21-9)13(20,14(15,16)17)8-11(19)18-12(2)6-3-7-12/h4-5,20H,3,6-8H2,1-2H3,(H,18,19). The van der Waals surface area contributed by atoms with Crippen molar-refractivity contribution in [2.75, 3.05) is 0 Å². The summed E-state index contributed by atoms with van der Waals surface area (Å²) in [6.45, 7) is 3.24. The number of furan rings is 1. The van der Waals surface area contributed by atoms with E-state index in [9.17, 15) is 23.1 Å². The lowest BCUT2D eigenvalue weighted by Gasteiger charge is -2.40. The van der Waals surface area contributed by atoms with Crippen molar-refractivity contribution < 1.29 is 27.5 Å². The van der Waals surface area contributed by atoms with E-state index in [0.29, 0.717) is 0 Å². The van der Waals surface area contributed by atoms with Crippen molar-refractivity contribution in [2.45, 2.75) is 56.8 Å². The van der Waals surface area contributed by atoms with Crippen molar-refractivity contribution in [3.8, 4) is 0 Å². The largest absolute Gasteiger partial charge is 0.463 e. The summed E-state index contributed by atoms with van der Waals surface area (Å²) in [4.78, 5) is 11.9. The van der Waals surface area contributed by atoms with Crippen LogP contribution in [0.25, 0.3) is 0 Å². The summed E-state index contributed by atoms with van der Waals surface area (Å²) in [6, 6.07) is 2.36. The molecule has 1 aromatic rings. The second-order valence-corrected chi connectivity index (χ2v) is 5.91. The number of carbonyl (C=O) groups excluding carboxylic acids is 1. The molecule has 1 atom stereocenters. The Hall–Kier alpha value is -1.50. The third-order valence-corrected chi connectivity index (χ3v) is 3.93. The van der Waals surface area contributed by atoms with E-state index in [1.807, 2.05) is 0 Å². The average Bonchev–Trinajstić information content (AvgIpc) is 2.72. The molecule has 0 aliphatic heterocycles. The summed E-state index contributed by atoms with van der Waals surface area (Å²) in [7, 11) is 0. The van der Waals surface area contributed by atoms with Gasteiger partial charge in [0.1, 0.15) is 11.5 Å². The lowest BCUT2D eigenvalue weighted by Crippen LogP contribution is -2.54. The number of aliphatic hydroxyl groups is 1. The minimum atomic E-state index is -5.00. The molecular weight excluding hydrogens is 287 g/mol. The van der Waals surface area contributed by atoms with Gasteiger partial charge in [-0.15, -0.1) is 0 Å². The van der Waals surface area contributed by atoms with Crippen molar-refractivity contribution in [3.63, 3.8) is 0 Å². The molecule has 1 fully saturated rings. The van der Waals surface area contributed by atoms with E-state index in [0.717, 1.165) is 25.3 Å². The van der Waals surface area contributed by atoms with Crippen LogP contribution in [0, 0.1) is 6.92 Å². The van der Waals surface area contributed by atoms with Crippen LogP contribution in [0.4, 0.5) is 13.2 Å². The second kappa shape index (κ2) is 5.05. The summed E-state index contributed by atoms with van der Waals surface area (Å²) in [5.74, 6) is -1.27. The van der Waals surface area contributed by atoms with Gasteiger partial charge in [-0.1, -0.05) is 0 Å². The summed E-state index contributed by atoms with van der Waals surface area (Å²) in [6.07, 6.45) is -3.74. The van der Waals surface area contributed by atoms with E-state index in [4.69, 9.17) is 4.42 Å². The maximum absolute atomic E-state index is 13.2. The highest BCUT2D eigenvalue weighted by atomic mass is 19.4. The smallest absolute Gasteiger partial charge is 0.425 e. The molecule has 21 heavy (non-hydrogen) atoms. The summed E-state index contributed by atoms with van der Waals surface area (Å²) < 4.78 is 44.5. The average molecular weight is 305 g/mol. The summed E-state index contributed by atoms with van der Waals surface area (Å²) in [5.41, 5.74) is -3.78. The predicted octanol–water partition coefficient (Wildman–Crippen LogP) is 2.79. The topological polar surface area (TPSA) is 62.5 Å². The zero-order chi connectivity index (χ0) is 15.9. The van der Waals surface area contributed by atoms with Crippen molar-refractivity contribution in [2.24, 2.45) is 0 Å². The van der Waals surface area contributed by atoms with Gasteiger partial charge in [0.15, 0.2) is 0 Å². The predicted molar refractivity (Wildman–Crippen MR) is 68.4 cm³/mol. The van der Waals surface area contributed by atoms with Gasteiger partial charge >= 0.3 is 6.18 Å². The van der Waals surface area contributed by atoms with Crippen LogP contribution in [0.1, 0.15) is 44.1 Å². The molecule has 0 aromatic carbocycles. The van der Waals surface area contributed by atoms with Crippen molar-refractivity contribution in [1.82, 2.24) is 5.32 Å². The van der Waals surface area contributed by atoms with E-state index in [-0.39, 0.29) is 5.76 Å². The Morgan fingerprint density at radius 1 is 1.43 bits per heavy atom. The Labute approximate surface area is 120 Å². The molecule has 1 heterocycles. The molecule has 1 aromatic heterocycles. The first-order valence-electron chi connectivity index (χ1n) is 6.73. The Morgan fingerprint density at radius 3 is 2.43 bits per heavy atom. The maximum Gasteiger partial charge on any atom is 0.425 e. The summed E-state index contributed by atoms with van der Waals surface area (Å²) in [5, 5.41) is 12.6. The molecule has 1 saturated carbocycles. The number of carbonyl (C=O) groups is 1. The Morgan fingerprint density at radius 2 is 2.05 bits per heavy atom. The molecule has 7 heteroatoms. The SMILES string of the molecule is Cc1ccc(C(O)(CC(=O)NC2(C)CCC2)C(F)(F)F)o1. The molecule has 1 aliphatic rings. The highest BCUT2D eigenvalue weighted by Gasteiger charge is 2.58. The van der Waals surface area contributed by atoms with Gasteiger partial charge in [-0.25, -0.2) is 0 Å². The van der Waals surface area contributed by atoms with Gasteiger partial charge < -0.3 is 14.8 Å². The summed E-state index contributed by atoms with van der Waals surface area (Å²) >= 11 is 0. The Balaban J connectivity index is 2.19. The first-order valence-corrected chi connectivity index (χ1v) is 6.73.